The second kappa shape index (κ2) is 5.29. The smallest absolute Gasteiger partial charge is 0.0603 e. The molecule has 0 heterocycles. The van der Waals surface area contributed by atoms with Crippen molar-refractivity contribution in [1.29, 1.82) is 0 Å². The lowest BCUT2D eigenvalue weighted by Crippen LogP contribution is -2.26. The van der Waals surface area contributed by atoms with Crippen molar-refractivity contribution in [3.63, 3.8) is 0 Å². The van der Waals surface area contributed by atoms with E-state index in [-0.39, 0.29) is 0 Å². The molecule has 0 spiro atoms. The quantitative estimate of drug-likeness (QED) is 0.726. The van der Waals surface area contributed by atoms with E-state index in [9.17, 15) is 5.11 Å². The van der Waals surface area contributed by atoms with Gasteiger partial charge in [-0.2, -0.15) is 0 Å². The van der Waals surface area contributed by atoms with Crippen molar-refractivity contribution in [2.45, 2.75) is 39.3 Å². The molecule has 0 atom stereocenters. The molecule has 0 amide bonds. The molecular weight excluding hydrogens is 186 g/mol. The molecule has 2 nitrogen and oxygen atoms in total. The van der Waals surface area contributed by atoms with E-state index >= 15 is 0 Å². The topological polar surface area (TPSA) is 32.3 Å². The lowest BCUT2D eigenvalue weighted by Gasteiger charge is -2.17. The predicted octanol–water partition coefficient (Wildman–Crippen LogP) is 2.25. The molecule has 1 aromatic carbocycles. The largest absolute Gasteiger partial charge is 0.390 e. The summed E-state index contributed by atoms with van der Waals surface area (Å²) >= 11 is 0. The molecule has 0 saturated carbocycles. The number of rotatable bonds is 5. The Hall–Kier alpha value is -0.860. The maximum atomic E-state index is 9.52. The summed E-state index contributed by atoms with van der Waals surface area (Å²) in [5, 5.41) is 12.8. The Morgan fingerprint density at radius 3 is 2.67 bits per heavy atom. The molecule has 2 N–H and O–H groups in total. The Labute approximate surface area is 92.3 Å². The zero-order chi connectivity index (χ0) is 11.3. The fourth-order valence-corrected chi connectivity index (χ4v) is 1.45. The predicted molar refractivity (Wildman–Crippen MR) is 63.8 cm³/mol. The van der Waals surface area contributed by atoms with Gasteiger partial charge in [0, 0.05) is 6.54 Å². The van der Waals surface area contributed by atoms with Gasteiger partial charge in [-0.25, -0.2) is 0 Å². The van der Waals surface area contributed by atoms with E-state index in [0.29, 0.717) is 0 Å². The number of aryl methyl sites for hydroxylation is 1. The van der Waals surface area contributed by atoms with Gasteiger partial charge in [0.2, 0.25) is 0 Å². The van der Waals surface area contributed by atoms with Crippen molar-refractivity contribution >= 4 is 0 Å². The average molecular weight is 207 g/mol. The summed E-state index contributed by atoms with van der Waals surface area (Å²) in [5.41, 5.74) is 2.02. The van der Waals surface area contributed by atoms with E-state index < -0.39 is 5.60 Å². The standard InChI is InChI=1S/C13H21NO/c1-11-5-4-6-12(9-11)10-14-8-7-13(2,3)15/h4-6,9,14-15H,7-8,10H2,1-3H3. The molecule has 0 saturated heterocycles. The molecule has 0 radical (unpaired) electrons. The third-order valence-corrected chi connectivity index (χ3v) is 2.33. The van der Waals surface area contributed by atoms with Crippen molar-refractivity contribution in [2.24, 2.45) is 0 Å². The van der Waals surface area contributed by atoms with Gasteiger partial charge in [0.15, 0.2) is 0 Å². The molecule has 2 heteroatoms. The molecule has 0 unspecified atom stereocenters. The molecule has 0 aromatic heterocycles. The molecule has 0 fully saturated rings. The lowest BCUT2D eigenvalue weighted by molar-refractivity contribution is 0.0711. The maximum absolute atomic E-state index is 9.52. The zero-order valence-corrected chi connectivity index (χ0v) is 9.88. The molecule has 0 aliphatic carbocycles. The second-order valence-corrected chi connectivity index (χ2v) is 4.73. The molecule has 84 valence electrons. The van der Waals surface area contributed by atoms with Gasteiger partial charge in [-0.1, -0.05) is 29.8 Å². The van der Waals surface area contributed by atoms with Crippen LogP contribution in [-0.2, 0) is 6.54 Å². The Kier molecular flexibility index (Phi) is 4.30. The van der Waals surface area contributed by atoms with Crippen molar-refractivity contribution < 1.29 is 5.11 Å². The van der Waals surface area contributed by atoms with Crippen LogP contribution in [0, 0.1) is 6.92 Å². The molecule has 15 heavy (non-hydrogen) atoms. The summed E-state index contributed by atoms with van der Waals surface area (Å²) in [6.45, 7) is 7.48. The van der Waals surface area contributed by atoms with Gasteiger partial charge in [-0.3, -0.25) is 0 Å². The van der Waals surface area contributed by atoms with Crippen molar-refractivity contribution in [3.05, 3.63) is 35.4 Å². The number of benzene rings is 1. The van der Waals surface area contributed by atoms with Gasteiger partial charge in [0.05, 0.1) is 5.60 Å². The Balaban J connectivity index is 2.26. The van der Waals surface area contributed by atoms with Crippen LogP contribution in [0.15, 0.2) is 24.3 Å². The highest BCUT2D eigenvalue weighted by atomic mass is 16.3. The number of hydrogen-bond donors (Lipinski definition) is 2. The van der Waals surface area contributed by atoms with Gasteiger partial charge >= 0.3 is 0 Å². The monoisotopic (exact) mass is 207 g/mol. The van der Waals surface area contributed by atoms with E-state index in [4.69, 9.17) is 0 Å². The highest BCUT2D eigenvalue weighted by Crippen LogP contribution is 2.06. The van der Waals surface area contributed by atoms with Gasteiger partial charge in [-0.05, 0) is 39.3 Å². The van der Waals surface area contributed by atoms with Crippen LogP contribution in [0.2, 0.25) is 0 Å². The second-order valence-electron chi connectivity index (χ2n) is 4.73. The van der Waals surface area contributed by atoms with Crippen LogP contribution in [0.1, 0.15) is 31.4 Å². The van der Waals surface area contributed by atoms with Gasteiger partial charge in [0.25, 0.3) is 0 Å². The van der Waals surface area contributed by atoms with Crippen LogP contribution < -0.4 is 5.32 Å². The van der Waals surface area contributed by atoms with Gasteiger partial charge < -0.3 is 10.4 Å². The highest BCUT2D eigenvalue weighted by Gasteiger charge is 2.10. The lowest BCUT2D eigenvalue weighted by atomic mass is 10.1. The number of hydrogen-bond acceptors (Lipinski definition) is 2. The summed E-state index contributed by atoms with van der Waals surface area (Å²) in [6, 6.07) is 8.46. The molecular formula is C13H21NO. The average Bonchev–Trinajstić information content (AvgIpc) is 2.11. The van der Waals surface area contributed by atoms with Crippen LogP contribution >= 0.6 is 0 Å². The zero-order valence-electron chi connectivity index (χ0n) is 9.88. The van der Waals surface area contributed by atoms with Gasteiger partial charge in [0.1, 0.15) is 0 Å². The third-order valence-electron chi connectivity index (χ3n) is 2.33. The number of aliphatic hydroxyl groups is 1. The van der Waals surface area contributed by atoms with Crippen LogP contribution in [0.25, 0.3) is 0 Å². The highest BCUT2D eigenvalue weighted by molar-refractivity contribution is 5.21. The van der Waals surface area contributed by atoms with Crippen LogP contribution in [0.4, 0.5) is 0 Å². The fraction of sp³-hybridized carbons (Fsp3) is 0.538. The van der Waals surface area contributed by atoms with Crippen molar-refractivity contribution in [2.75, 3.05) is 6.54 Å². The molecule has 0 bridgehead atoms. The van der Waals surface area contributed by atoms with E-state index in [0.717, 1.165) is 19.5 Å². The van der Waals surface area contributed by atoms with E-state index in [1.54, 1.807) is 0 Å². The first-order chi connectivity index (χ1) is 6.97. The van der Waals surface area contributed by atoms with Gasteiger partial charge in [-0.15, -0.1) is 0 Å². The summed E-state index contributed by atoms with van der Waals surface area (Å²) in [7, 11) is 0. The maximum Gasteiger partial charge on any atom is 0.0603 e. The summed E-state index contributed by atoms with van der Waals surface area (Å²) in [5.74, 6) is 0. The Morgan fingerprint density at radius 1 is 1.33 bits per heavy atom. The Morgan fingerprint density at radius 2 is 2.07 bits per heavy atom. The summed E-state index contributed by atoms with van der Waals surface area (Å²) < 4.78 is 0. The molecule has 1 rings (SSSR count). The van der Waals surface area contributed by atoms with Crippen molar-refractivity contribution in [1.82, 2.24) is 5.32 Å². The first kappa shape index (κ1) is 12.2. The third kappa shape index (κ3) is 5.55. The normalized spacial score (nSPS) is 11.7. The Bertz CT molecular complexity index is 302. The van der Waals surface area contributed by atoms with Crippen LogP contribution in [0.5, 0.6) is 0 Å². The van der Waals surface area contributed by atoms with Crippen molar-refractivity contribution in [3.8, 4) is 0 Å². The molecule has 1 aromatic rings. The minimum absolute atomic E-state index is 0.570. The molecule has 0 aliphatic heterocycles. The SMILES string of the molecule is Cc1cccc(CNCCC(C)(C)O)c1. The minimum Gasteiger partial charge on any atom is -0.390 e. The fourth-order valence-electron chi connectivity index (χ4n) is 1.45. The van der Waals surface area contributed by atoms with E-state index in [1.165, 1.54) is 11.1 Å². The number of nitrogens with one attached hydrogen (secondary N) is 1. The van der Waals surface area contributed by atoms with E-state index in [1.807, 2.05) is 13.8 Å². The first-order valence-electron chi connectivity index (χ1n) is 5.46. The van der Waals surface area contributed by atoms with E-state index in [2.05, 4.69) is 36.5 Å². The van der Waals surface area contributed by atoms with Crippen LogP contribution in [0.3, 0.4) is 0 Å². The molecule has 0 aliphatic rings. The summed E-state index contributed by atoms with van der Waals surface area (Å²) in [6.07, 6.45) is 0.777. The summed E-state index contributed by atoms with van der Waals surface area (Å²) in [4.78, 5) is 0. The first-order valence-corrected chi connectivity index (χ1v) is 5.46. The van der Waals surface area contributed by atoms with Crippen LogP contribution in [-0.4, -0.2) is 17.3 Å². The minimum atomic E-state index is -0.570.